The minimum Gasteiger partial charge on any atom is -0.461 e. The number of carbonyl (C=O) groups excluding carboxylic acids is 3. The lowest BCUT2D eigenvalue weighted by atomic mass is 10.1. The fourth-order valence-corrected chi connectivity index (χ4v) is 3.12. The molecule has 2 rings (SSSR count). The molecule has 1 aromatic heterocycles. The predicted octanol–water partition coefficient (Wildman–Crippen LogP) is 3.51. The summed E-state index contributed by atoms with van der Waals surface area (Å²) in [7, 11) is 0. The van der Waals surface area contributed by atoms with Gasteiger partial charge in [0.1, 0.15) is 5.69 Å². The Morgan fingerprint density at radius 3 is 2.04 bits per heavy atom. The lowest BCUT2D eigenvalue weighted by molar-refractivity contribution is -0.114. The van der Waals surface area contributed by atoms with Gasteiger partial charge in [0.25, 0.3) is 5.91 Å². The van der Waals surface area contributed by atoms with Gasteiger partial charge in [0.15, 0.2) is 0 Å². The molecule has 2 aromatic rings. The molecule has 0 aliphatic rings. The van der Waals surface area contributed by atoms with Gasteiger partial charge in [-0.3, -0.25) is 9.59 Å². The lowest BCUT2D eigenvalue weighted by Gasteiger charge is -2.09. The summed E-state index contributed by atoms with van der Waals surface area (Å²) in [4.78, 5) is 36.2. The number of rotatable bonds is 6. The van der Waals surface area contributed by atoms with Gasteiger partial charge in [0.2, 0.25) is 5.91 Å². The molecule has 0 aliphatic carbocycles. The van der Waals surface area contributed by atoms with E-state index in [2.05, 4.69) is 10.6 Å². The normalized spacial score (nSPS) is 10.4. The van der Waals surface area contributed by atoms with Gasteiger partial charge >= 0.3 is 5.97 Å². The number of hydrogen-bond acceptors (Lipinski definition) is 4. The maximum Gasteiger partial charge on any atom is 0.355 e. The van der Waals surface area contributed by atoms with Gasteiger partial charge in [0, 0.05) is 30.5 Å². The predicted molar refractivity (Wildman–Crippen MR) is 104 cm³/mol. The molecule has 0 radical (unpaired) electrons. The topological polar surface area (TPSA) is 89.4 Å². The van der Waals surface area contributed by atoms with Crippen molar-refractivity contribution in [2.75, 3.05) is 17.2 Å². The molecule has 0 aliphatic heterocycles. The van der Waals surface area contributed by atoms with Crippen molar-refractivity contribution >= 4 is 29.2 Å². The van der Waals surface area contributed by atoms with Gasteiger partial charge in [-0.05, 0) is 57.5 Å². The van der Waals surface area contributed by atoms with Crippen molar-refractivity contribution in [1.82, 2.24) is 4.57 Å². The Morgan fingerprint density at radius 1 is 1.00 bits per heavy atom. The quantitative estimate of drug-likeness (QED) is 0.761. The number of nitrogens with one attached hydrogen (secondary N) is 2. The monoisotopic (exact) mass is 371 g/mol. The van der Waals surface area contributed by atoms with Crippen molar-refractivity contribution in [2.45, 2.75) is 41.2 Å². The molecule has 7 nitrogen and oxygen atoms in total. The summed E-state index contributed by atoms with van der Waals surface area (Å²) in [5.74, 6) is -0.890. The van der Waals surface area contributed by atoms with Crippen LogP contribution in [0.5, 0.6) is 0 Å². The molecule has 27 heavy (non-hydrogen) atoms. The van der Waals surface area contributed by atoms with E-state index < -0.39 is 5.97 Å². The van der Waals surface area contributed by atoms with E-state index in [4.69, 9.17) is 4.74 Å². The molecule has 7 heteroatoms. The molecule has 144 valence electrons. The van der Waals surface area contributed by atoms with E-state index in [1.165, 1.54) is 6.92 Å². The molecule has 1 aromatic carbocycles. The first-order chi connectivity index (χ1) is 12.8. The van der Waals surface area contributed by atoms with Crippen LogP contribution >= 0.6 is 0 Å². The van der Waals surface area contributed by atoms with Gasteiger partial charge in [0.05, 0.1) is 12.2 Å². The van der Waals surface area contributed by atoms with Crippen LogP contribution in [-0.4, -0.2) is 29.0 Å². The highest BCUT2D eigenvalue weighted by Crippen LogP contribution is 2.25. The van der Waals surface area contributed by atoms with Crippen molar-refractivity contribution in [3.8, 4) is 0 Å². The van der Waals surface area contributed by atoms with Crippen LogP contribution in [0.3, 0.4) is 0 Å². The molecule has 1 heterocycles. The lowest BCUT2D eigenvalue weighted by Crippen LogP contribution is -2.14. The number of esters is 1. The molecule has 0 atom stereocenters. The summed E-state index contributed by atoms with van der Waals surface area (Å²) in [5, 5.41) is 5.51. The van der Waals surface area contributed by atoms with Crippen LogP contribution in [-0.2, 0) is 16.1 Å². The zero-order valence-electron chi connectivity index (χ0n) is 16.3. The second kappa shape index (κ2) is 8.53. The van der Waals surface area contributed by atoms with Crippen molar-refractivity contribution in [1.29, 1.82) is 0 Å². The molecular weight excluding hydrogens is 346 g/mol. The standard InChI is InChI=1S/C20H25N3O4/c1-6-23-13(4)17(12(3)18(23)20(26)27-7-2)19(25)22-16-10-8-15(9-11-16)21-14(5)24/h8-11H,6-7H2,1-5H3,(H,21,24)(H,22,25). The van der Waals surface area contributed by atoms with E-state index in [1.54, 1.807) is 42.7 Å². The maximum atomic E-state index is 12.8. The number of amides is 2. The Kier molecular flexibility index (Phi) is 6.39. The third kappa shape index (κ3) is 4.36. The Bertz CT molecular complexity index is 866. The third-order valence-corrected chi connectivity index (χ3v) is 4.24. The Morgan fingerprint density at radius 2 is 1.56 bits per heavy atom. The van der Waals surface area contributed by atoms with Gasteiger partial charge in [-0.1, -0.05) is 0 Å². The molecule has 0 saturated carbocycles. The number of carbonyl (C=O) groups is 3. The van der Waals surface area contributed by atoms with E-state index in [0.717, 1.165) is 0 Å². The SMILES string of the molecule is CCOC(=O)c1c(C)c(C(=O)Nc2ccc(NC(C)=O)cc2)c(C)n1CC. The first-order valence-corrected chi connectivity index (χ1v) is 8.85. The average molecular weight is 371 g/mol. The fourth-order valence-electron chi connectivity index (χ4n) is 3.12. The largest absolute Gasteiger partial charge is 0.461 e. The minimum atomic E-state index is -0.432. The number of aromatic nitrogens is 1. The Labute approximate surface area is 158 Å². The zero-order chi connectivity index (χ0) is 20.1. The van der Waals surface area contributed by atoms with Crippen LogP contribution in [0.1, 0.15) is 52.9 Å². The Hall–Kier alpha value is -3.09. The molecule has 0 saturated heterocycles. The summed E-state index contributed by atoms with van der Waals surface area (Å²) in [5.41, 5.74) is 3.42. The smallest absolute Gasteiger partial charge is 0.355 e. The highest BCUT2D eigenvalue weighted by molar-refractivity contribution is 6.08. The average Bonchev–Trinajstić information content (AvgIpc) is 2.86. The highest BCUT2D eigenvalue weighted by atomic mass is 16.5. The van der Waals surface area contributed by atoms with Gasteiger partial charge in [-0.2, -0.15) is 0 Å². The zero-order valence-corrected chi connectivity index (χ0v) is 16.3. The van der Waals surface area contributed by atoms with Crippen LogP contribution < -0.4 is 10.6 Å². The Balaban J connectivity index is 2.31. The second-order valence-corrected chi connectivity index (χ2v) is 6.11. The fraction of sp³-hybridized carbons (Fsp3) is 0.350. The van der Waals surface area contributed by atoms with Gasteiger partial charge < -0.3 is 19.9 Å². The summed E-state index contributed by atoms with van der Waals surface area (Å²) in [6.07, 6.45) is 0. The molecule has 0 fully saturated rings. The summed E-state index contributed by atoms with van der Waals surface area (Å²) in [6.45, 7) is 9.48. The number of ether oxygens (including phenoxy) is 1. The van der Waals surface area contributed by atoms with E-state index >= 15 is 0 Å². The maximum absolute atomic E-state index is 12.8. The van der Waals surface area contributed by atoms with Gasteiger partial charge in [-0.25, -0.2) is 4.79 Å². The van der Waals surface area contributed by atoms with Crippen molar-refractivity contribution < 1.29 is 19.1 Å². The minimum absolute atomic E-state index is 0.162. The van der Waals surface area contributed by atoms with E-state index in [0.29, 0.717) is 40.4 Å². The number of hydrogen-bond donors (Lipinski definition) is 2. The summed E-state index contributed by atoms with van der Waals surface area (Å²) in [6, 6.07) is 6.82. The highest BCUT2D eigenvalue weighted by Gasteiger charge is 2.26. The van der Waals surface area contributed by atoms with Gasteiger partial charge in [-0.15, -0.1) is 0 Å². The van der Waals surface area contributed by atoms with Crippen molar-refractivity contribution in [3.05, 3.63) is 46.8 Å². The molecule has 0 spiro atoms. The van der Waals surface area contributed by atoms with E-state index in [9.17, 15) is 14.4 Å². The third-order valence-electron chi connectivity index (χ3n) is 4.24. The van der Waals surface area contributed by atoms with E-state index in [1.807, 2.05) is 13.8 Å². The van der Waals surface area contributed by atoms with Crippen LogP contribution in [0.2, 0.25) is 0 Å². The second-order valence-electron chi connectivity index (χ2n) is 6.11. The first-order valence-electron chi connectivity index (χ1n) is 8.85. The number of benzene rings is 1. The summed E-state index contributed by atoms with van der Waals surface area (Å²) >= 11 is 0. The summed E-state index contributed by atoms with van der Waals surface area (Å²) < 4.78 is 6.93. The number of nitrogens with zero attached hydrogens (tertiary/aromatic N) is 1. The van der Waals surface area contributed by atoms with Crippen LogP contribution in [0.25, 0.3) is 0 Å². The molecular formula is C20H25N3O4. The van der Waals surface area contributed by atoms with Crippen LogP contribution in [0.15, 0.2) is 24.3 Å². The molecule has 0 unspecified atom stereocenters. The molecule has 0 bridgehead atoms. The van der Waals surface area contributed by atoms with Crippen LogP contribution in [0, 0.1) is 13.8 Å². The van der Waals surface area contributed by atoms with E-state index in [-0.39, 0.29) is 18.4 Å². The van der Waals surface area contributed by atoms with Crippen molar-refractivity contribution in [3.63, 3.8) is 0 Å². The van der Waals surface area contributed by atoms with Crippen molar-refractivity contribution in [2.24, 2.45) is 0 Å². The van der Waals surface area contributed by atoms with Crippen LogP contribution in [0.4, 0.5) is 11.4 Å². The molecule has 2 N–H and O–H groups in total. The number of anilines is 2. The molecule has 2 amide bonds. The first kappa shape index (κ1) is 20.2.